The summed E-state index contributed by atoms with van der Waals surface area (Å²) in [6, 6.07) is 1.44. The smallest absolute Gasteiger partial charge is 0.246 e. The monoisotopic (exact) mass is 276 g/mol. The molecule has 1 aliphatic heterocycles. The minimum absolute atomic E-state index is 0.00392. The molecular weight excluding hydrogens is 264 g/mol. The first kappa shape index (κ1) is 12.8. The molecule has 17 heavy (non-hydrogen) atoms. The molecule has 1 atom stereocenters. The van der Waals surface area contributed by atoms with E-state index in [2.05, 4.69) is 4.98 Å². The summed E-state index contributed by atoms with van der Waals surface area (Å²) in [4.78, 5) is 3.77. The number of aliphatic hydroxyl groups is 1. The second-order valence-electron chi connectivity index (χ2n) is 3.97. The molecule has 0 bridgehead atoms. The number of sulfonamides is 1. The van der Waals surface area contributed by atoms with Gasteiger partial charge in [-0.3, -0.25) is 4.98 Å². The molecule has 0 aromatic carbocycles. The average Bonchev–Trinajstić information content (AvgIpc) is 2.29. The van der Waals surface area contributed by atoms with Crippen LogP contribution in [0.25, 0.3) is 0 Å². The lowest BCUT2D eigenvalue weighted by Gasteiger charge is -2.29. The Bertz CT molecular complexity index is 506. The van der Waals surface area contributed by atoms with Crippen molar-refractivity contribution in [3.63, 3.8) is 0 Å². The Labute approximate surface area is 105 Å². The summed E-state index contributed by atoms with van der Waals surface area (Å²) in [6.45, 7) is 0.526. The first-order valence-electron chi connectivity index (χ1n) is 5.29. The molecule has 1 aromatic rings. The molecule has 1 aliphatic rings. The van der Waals surface area contributed by atoms with E-state index in [9.17, 15) is 13.5 Å². The van der Waals surface area contributed by atoms with Crippen LogP contribution < -0.4 is 0 Å². The largest absolute Gasteiger partial charge is 0.392 e. The fraction of sp³-hybridized carbons (Fsp3) is 0.500. The van der Waals surface area contributed by atoms with Gasteiger partial charge in [-0.2, -0.15) is 4.31 Å². The van der Waals surface area contributed by atoms with Gasteiger partial charge in [0, 0.05) is 25.5 Å². The Morgan fingerprint density at radius 1 is 1.53 bits per heavy atom. The molecule has 2 heterocycles. The maximum atomic E-state index is 12.2. The Kier molecular flexibility index (Phi) is 3.67. The molecule has 0 spiro atoms. The zero-order valence-electron chi connectivity index (χ0n) is 9.08. The maximum absolute atomic E-state index is 12.2. The lowest BCUT2D eigenvalue weighted by atomic mass is 10.1. The molecule has 94 valence electrons. The number of hydrogen-bond donors (Lipinski definition) is 1. The van der Waals surface area contributed by atoms with Crippen molar-refractivity contribution in [3.8, 4) is 0 Å². The highest BCUT2D eigenvalue weighted by molar-refractivity contribution is 7.89. The summed E-state index contributed by atoms with van der Waals surface area (Å²) in [5, 5.41) is 9.66. The Morgan fingerprint density at radius 3 is 2.94 bits per heavy atom. The molecule has 7 heteroatoms. The van der Waals surface area contributed by atoms with Crippen molar-refractivity contribution in [2.75, 3.05) is 13.1 Å². The zero-order valence-corrected chi connectivity index (χ0v) is 10.7. The van der Waals surface area contributed by atoms with E-state index in [1.807, 2.05) is 0 Å². The Hall–Kier alpha value is -0.690. The molecule has 5 nitrogen and oxygen atoms in total. The van der Waals surface area contributed by atoms with Gasteiger partial charge >= 0.3 is 0 Å². The predicted molar refractivity (Wildman–Crippen MR) is 63.2 cm³/mol. The number of halogens is 1. The Morgan fingerprint density at radius 2 is 2.29 bits per heavy atom. The van der Waals surface area contributed by atoms with Gasteiger partial charge in [0.2, 0.25) is 10.0 Å². The van der Waals surface area contributed by atoms with Crippen LogP contribution in [0.4, 0.5) is 0 Å². The highest BCUT2D eigenvalue weighted by atomic mass is 35.5. The number of aliphatic hydroxyl groups excluding tert-OH is 1. The molecule has 2 rings (SSSR count). The molecule has 1 aromatic heterocycles. The van der Waals surface area contributed by atoms with E-state index in [0.29, 0.717) is 19.4 Å². The number of pyridine rings is 1. The summed E-state index contributed by atoms with van der Waals surface area (Å²) >= 11 is 5.86. The minimum atomic E-state index is -3.65. The molecule has 1 N–H and O–H groups in total. The SMILES string of the molecule is O=S(=O)(c1cnccc1Cl)N1CCC[C@H](O)C1. The highest BCUT2D eigenvalue weighted by Gasteiger charge is 2.30. The molecular formula is C10H13ClN2O3S. The minimum Gasteiger partial charge on any atom is -0.392 e. The third-order valence-corrected chi connectivity index (χ3v) is 5.05. The van der Waals surface area contributed by atoms with Gasteiger partial charge in [0.05, 0.1) is 11.1 Å². The molecule has 1 saturated heterocycles. The van der Waals surface area contributed by atoms with Crippen LogP contribution in [0.1, 0.15) is 12.8 Å². The van der Waals surface area contributed by atoms with Gasteiger partial charge in [-0.1, -0.05) is 11.6 Å². The van der Waals surface area contributed by atoms with Crippen LogP contribution in [0.2, 0.25) is 5.02 Å². The van der Waals surface area contributed by atoms with Crippen LogP contribution >= 0.6 is 11.6 Å². The number of rotatable bonds is 2. The van der Waals surface area contributed by atoms with Gasteiger partial charge in [0.25, 0.3) is 0 Å². The second-order valence-corrected chi connectivity index (χ2v) is 6.28. The standard InChI is InChI=1S/C10H13ClN2O3S/c11-9-3-4-12-6-10(9)17(15,16)13-5-1-2-8(14)7-13/h3-4,6,8,14H,1-2,5,7H2/t8-/m0/s1. The van der Waals surface area contributed by atoms with Gasteiger partial charge in [-0.05, 0) is 18.9 Å². The van der Waals surface area contributed by atoms with E-state index in [4.69, 9.17) is 11.6 Å². The first-order chi connectivity index (χ1) is 8.01. The topological polar surface area (TPSA) is 70.5 Å². The van der Waals surface area contributed by atoms with Crippen molar-refractivity contribution in [2.24, 2.45) is 0 Å². The van der Waals surface area contributed by atoms with Crippen molar-refractivity contribution >= 4 is 21.6 Å². The quantitative estimate of drug-likeness (QED) is 0.871. The van der Waals surface area contributed by atoms with Crippen molar-refractivity contribution in [1.82, 2.24) is 9.29 Å². The summed E-state index contributed by atoms with van der Waals surface area (Å²) in [5.41, 5.74) is 0. The molecule has 0 aliphatic carbocycles. The molecule has 0 unspecified atom stereocenters. The zero-order chi connectivity index (χ0) is 12.5. The molecule has 1 fully saturated rings. The summed E-state index contributed by atoms with van der Waals surface area (Å²) < 4.78 is 25.7. The van der Waals surface area contributed by atoms with E-state index in [1.54, 1.807) is 0 Å². The van der Waals surface area contributed by atoms with Gasteiger partial charge in [-0.15, -0.1) is 0 Å². The summed E-state index contributed by atoms with van der Waals surface area (Å²) in [5.74, 6) is 0. The third-order valence-electron chi connectivity index (χ3n) is 2.71. The van der Waals surface area contributed by atoms with Gasteiger partial charge in [0.15, 0.2) is 0 Å². The van der Waals surface area contributed by atoms with E-state index in [0.717, 1.165) is 0 Å². The number of hydrogen-bond acceptors (Lipinski definition) is 4. The maximum Gasteiger partial charge on any atom is 0.246 e. The van der Waals surface area contributed by atoms with Crippen LogP contribution in [0.15, 0.2) is 23.4 Å². The third kappa shape index (κ3) is 2.60. The molecule has 0 radical (unpaired) electrons. The summed E-state index contributed by atoms with van der Waals surface area (Å²) in [6.07, 6.45) is 3.35. The van der Waals surface area contributed by atoms with E-state index in [1.165, 1.54) is 22.8 Å². The summed E-state index contributed by atoms with van der Waals surface area (Å²) in [7, 11) is -3.65. The Balaban J connectivity index is 2.33. The van der Waals surface area contributed by atoms with E-state index < -0.39 is 16.1 Å². The lowest BCUT2D eigenvalue weighted by molar-refractivity contribution is 0.108. The van der Waals surface area contributed by atoms with Crippen molar-refractivity contribution in [1.29, 1.82) is 0 Å². The van der Waals surface area contributed by atoms with E-state index >= 15 is 0 Å². The normalized spacial score (nSPS) is 22.6. The van der Waals surface area contributed by atoms with Crippen molar-refractivity contribution in [3.05, 3.63) is 23.5 Å². The fourth-order valence-corrected chi connectivity index (χ4v) is 3.75. The van der Waals surface area contributed by atoms with Crippen molar-refractivity contribution in [2.45, 2.75) is 23.8 Å². The highest BCUT2D eigenvalue weighted by Crippen LogP contribution is 2.25. The van der Waals surface area contributed by atoms with Crippen LogP contribution in [-0.2, 0) is 10.0 Å². The van der Waals surface area contributed by atoms with Gasteiger partial charge in [-0.25, -0.2) is 8.42 Å². The average molecular weight is 277 g/mol. The number of β-amino-alcohol motifs (C(OH)–C–C–N with tert-alkyl or cyclic N) is 1. The number of aromatic nitrogens is 1. The van der Waals surface area contributed by atoms with Gasteiger partial charge < -0.3 is 5.11 Å². The van der Waals surface area contributed by atoms with E-state index in [-0.39, 0.29) is 16.5 Å². The van der Waals surface area contributed by atoms with Crippen LogP contribution in [0.5, 0.6) is 0 Å². The van der Waals surface area contributed by atoms with Crippen LogP contribution in [0.3, 0.4) is 0 Å². The van der Waals surface area contributed by atoms with Gasteiger partial charge in [0.1, 0.15) is 4.90 Å². The van der Waals surface area contributed by atoms with Crippen LogP contribution in [0, 0.1) is 0 Å². The second kappa shape index (κ2) is 4.89. The molecule has 0 amide bonds. The van der Waals surface area contributed by atoms with Crippen molar-refractivity contribution < 1.29 is 13.5 Å². The lowest BCUT2D eigenvalue weighted by Crippen LogP contribution is -2.42. The molecule has 0 saturated carbocycles. The number of nitrogens with zero attached hydrogens (tertiary/aromatic N) is 2. The fourth-order valence-electron chi connectivity index (χ4n) is 1.83. The first-order valence-corrected chi connectivity index (χ1v) is 7.11. The number of piperidine rings is 1. The van der Waals surface area contributed by atoms with Crippen LogP contribution in [-0.4, -0.2) is 42.0 Å². The predicted octanol–water partition coefficient (Wildman–Crippen LogP) is 0.880.